The number of aryl methyl sites for hydroxylation is 1. The number of unbranched alkanes of at least 4 members (excludes halogenated alkanes) is 1. The van der Waals surface area contributed by atoms with Crippen LogP contribution in [-0.4, -0.2) is 69.8 Å². The van der Waals surface area contributed by atoms with Gasteiger partial charge in [-0.05, 0) is 51.6 Å². The molecule has 0 spiro atoms. The summed E-state index contributed by atoms with van der Waals surface area (Å²) in [5, 5.41) is 12.0. The highest BCUT2D eigenvalue weighted by atomic mass is 127. The van der Waals surface area contributed by atoms with Gasteiger partial charge in [0.05, 0.1) is 0 Å². The number of nitrogens with zero attached hydrogens (tertiary/aromatic N) is 6. The zero-order valence-corrected chi connectivity index (χ0v) is 19.5. The SMILES string of the molecule is CCCCNC(=NCc1nnc(C)n1C)N1CCC(CN2CCCC2)C1.I. The molecule has 0 aromatic carbocycles. The molecule has 7 nitrogen and oxygen atoms in total. The van der Waals surface area contributed by atoms with Crippen molar-refractivity contribution in [2.75, 3.05) is 39.3 Å². The number of hydrogen-bond acceptors (Lipinski definition) is 4. The van der Waals surface area contributed by atoms with Gasteiger partial charge in [0.2, 0.25) is 0 Å². The molecule has 27 heavy (non-hydrogen) atoms. The van der Waals surface area contributed by atoms with Crippen LogP contribution >= 0.6 is 24.0 Å². The van der Waals surface area contributed by atoms with Gasteiger partial charge in [0.15, 0.2) is 11.8 Å². The number of aliphatic imine (C=N–C) groups is 1. The summed E-state index contributed by atoms with van der Waals surface area (Å²) in [5.74, 6) is 3.67. The predicted molar refractivity (Wildman–Crippen MR) is 121 cm³/mol. The molecule has 2 fully saturated rings. The fraction of sp³-hybridized carbons (Fsp3) is 0.842. The van der Waals surface area contributed by atoms with Gasteiger partial charge in [-0.3, -0.25) is 0 Å². The quantitative estimate of drug-likeness (QED) is 0.276. The molecule has 1 aromatic rings. The number of nitrogens with one attached hydrogen (secondary N) is 1. The van der Waals surface area contributed by atoms with E-state index in [2.05, 4.69) is 32.2 Å². The summed E-state index contributed by atoms with van der Waals surface area (Å²) in [6.07, 6.45) is 6.39. The maximum atomic E-state index is 4.88. The molecule has 1 aromatic heterocycles. The lowest BCUT2D eigenvalue weighted by Crippen LogP contribution is -2.41. The van der Waals surface area contributed by atoms with E-state index in [-0.39, 0.29) is 24.0 Å². The minimum absolute atomic E-state index is 0. The predicted octanol–water partition coefficient (Wildman–Crippen LogP) is 2.40. The Labute approximate surface area is 181 Å². The van der Waals surface area contributed by atoms with Crippen LogP contribution in [0.3, 0.4) is 0 Å². The van der Waals surface area contributed by atoms with Gasteiger partial charge in [-0.2, -0.15) is 0 Å². The van der Waals surface area contributed by atoms with Gasteiger partial charge >= 0.3 is 0 Å². The van der Waals surface area contributed by atoms with E-state index in [1.807, 2.05) is 18.5 Å². The Morgan fingerprint density at radius 2 is 2.00 bits per heavy atom. The number of guanidine groups is 1. The van der Waals surface area contributed by atoms with Crippen LogP contribution in [0.1, 0.15) is 50.7 Å². The molecule has 8 heteroatoms. The van der Waals surface area contributed by atoms with Crippen LogP contribution in [0.15, 0.2) is 4.99 Å². The fourth-order valence-electron chi connectivity index (χ4n) is 3.88. The molecule has 0 amide bonds. The molecule has 1 atom stereocenters. The van der Waals surface area contributed by atoms with E-state index in [1.54, 1.807) is 0 Å². The van der Waals surface area contributed by atoms with E-state index in [1.165, 1.54) is 51.7 Å². The Hall–Kier alpha value is -0.900. The Morgan fingerprint density at radius 1 is 1.22 bits per heavy atom. The van der Waals surface area contributed by atoms with Crippen LogP contribution in [0.2, 0.25) is 0 Å². The van der Waals surface area contributed by atoms with Crippen molar-refractivity contribution in [3.63, 3.8) is 0 Å². The smallest absolute Gasteiger partial charge is 0.194 e. The highest BCUT2D eigenvalue weighted by Crippen LogP contribution is 2.20. The summed E-state index contributed by atoms with van der Waals surface area (Å²) in [7, 11) is 2.01. The molecule has 0 bridgehead atoms. The average molecular weight is 489 g/mol. The zero-order chi connectivity index (χ0) is 18.4. The number of likely N-dealkylation sites (tertiary alicyclic amines) is 2. The largest absolute Gasteiger partial charge is 0.356 e. The first-order valence-corrected chi connectivity index (χ1v) is 10.3. The van der Waals surface area contributed by atoms with E-state index >= 15 is 0 Å². The molecule has 2 aliphatic rings. The second kappa shape index (κ2) is 11.2. The summed E-state index contributed by atoms with van der Waals surface area (Å²) in [4.78, 5) is 9.96. The number of hydrogen-bond donors (Lipinski definition) is 1. The van der Waals surface area contributed by atoms with E-state index in [4.69, 9.17) is 4.99 Å². The molecule has 2 saturated heterocycles. The summed E-state index contributed by atoms with van der Waals surface area (Å²) >= 11 is 0. The molecule has 0 saturated carbocycles. The van der Waals surface area contributed by atoms with Crippen molar-refractivity contribution < 1.29 is 0 Å². The van der Waals surface area contributed by atoms with Gasteiger partial charge in [-0.1, -0.05) is 13.3 Å². The third-order valence-electron chi connectivity index (χ3n) is 5.67. The molecular weight excluding hydrogens is 453 g/mol. The van der Waals surface area contributed by atoms with Crippen LogP contribution in [0.4, 0.5) is 0 Å². The van der Waals surface area contributed by atoms with Crippen molar-refractivity contribution in [2.45, 2.75) is 52.5 Å². The Morgan fingerprint density at radius 3 is 2.67 bits per heavy atom. The number of halogens is 1. The average Bonchev–Trinajstić information content (AvgIpc) is 3.37. The van der Waals surface area contributed by atoms with Crippen LogP contribution < -0.4 is 5.32 Å². The number of rotatable bonds is 7. The molecule has 154 valence electrons. The lowest BCUT2D eigenvalue weighted by atomic mass is 10.1. The minimum atomic E-state index is 0. The van der Waals surface area contributed by atoms with Gasteiger partial charge in [0, 0.05) is 33.2 Å². The van der Waals surface area contributed by atoms with E-state index in [0.717, 1.165) is 43.2 Å². The van der Waals surface area contributed by atoms with Crippen molar-refractivity contribution in [2.24, 2.45) is 18.0 Å². The van der Waals surface area contributed by atoms with Gasteiger partial charge in [-0.15, -0.1) is 34.2 Å². The standard InChI is InChI=1S/C19H35N7.HI/c1-4-5-9-20-19(21-13-18-23-22-16(2)24(18)3)26-12-8-17(15-26)14-25-10-6-7-11-25;/h17H,4-15H2,1-3H3,(H,20,21);1H. The van der Waals surface area contributed by atoms with Gasteiger partial charge in [0.1, 0.15) is 12.4 Å². The molecule has 0 radical (unpaired) electrons. The molecule has 2 aliphatic heterocycles. The first-order valence-electron chi connectivity index (χ1n) is 10.3. The van der Waals surface area contributed by atoms with Crippen LogP contribution in [0.25, 0.3) is 0 Å². The molecule has 3 heterocycles. The minimum Gasteiger partial charge on any atom is -0.356 e. The van der Waals surface area contributed by atoms with Crippen molar-refractivity contribution >= 4 is 29.9 Å². The molecule has 1 unspecified atom stereocenters. The Kier molecular flexibility index (Phi) is 9.28. The monoisotopic (exact) mass is 489 g/mol. The number of aromatic nitrogens is 3. The van der Waals surface area contributed by atoms with Crippen molar-refractivity contribution in [1.29, 1.82) is 0 Å². The summed E-state index contributed by atoms with van der Waals surface area (Å²) in [5.41, 5.74) is 0. The van der Waals surface area contributed by atoms with Crippen molar-refractivity contribution in [3.05, 3.63) is 11.6 Å². The van der Waals surface area contributed by atoms with Gasteiger partial charge in [-0.25, -0.2) is 4.99 Å². The third kappa shape index (κ3) is 6.30. The molecule has 3 rings (SSSR count). The van der Waals surface area contributed by atoms with Crippen LogP contribution in [0.5, 0.6) is 0 Å². The summed E-state index contributed by atoms with van der Waals surface area (Å²) in [6.45, 7) is 11.8. The lowest BCUT2D eigenvalue weighted by Gasteiger charge is -2.23. The van der Waals surface area contributed by atoms with Crippen LogP contribution in [0, 0.1) is 12.8 Å². The van der Waals surface area contributed by atoms with Gasteiger partial charge in [0.25, 0.3) is 0 Å². The Bertz CT molecular complexity index is 595. The van der Waals surface area contributed by atoms with E-state index in [9.17, 15) is 0 Å². The Balaban J connectivity index is 0.00000261. The zero-order valence-electron chi connectivity index (χ0n) is 17.2. The maximum absolute atomic E-state index is 4.88. The molecular formula is C19H36IN7. The highest BCUT2D eigenvalue weighted by molar-refractivity contribution is 14.0. The van der Waals surface area contributed by atoms with E-state index in [0.29, 0.717) is 6.54 Å². The van der Waals surface area contributed by atoms with E-state index < -0.39 is 0 Å². The highest BCUT2D eigenvalue weighted by Gasteiger charge is 2.27. The molecule has 1 N–H and O–H groups in total. The van der Waals surface area contributed by atoms with Crippen molar-refractivity contribution in [1.82, 2.24) is 29.9 Å². The first kappa shape index (κ1) is 22.4. The normalized spacial score (nSPS) is 20.9. The lowest BCUT2D eigenvalue weighted by molar-refractivity contribution is 0.281. The maximum Gasteiger partial charge on any atom is 0.194 e. The van der Waals surface area contributed by atoms with Crippen LogP contribution in [-0.2, 0) is 13.6 Å². The summed E-state index contributed by atoms with van der Waals surface area (Å²) in [6, 6.07) is 0. The second-order valence-electron chi connectivity index (χ2n) is 7.75. The second-order valence-corrected chi connectivity index (χ2v) is 7.75. The molecule has 0 aliphatic carbocycles. The topological polar surface area (TPSA) is 61.6 Å². The van der Waals surface area contributed by atoms with Gasteiger partial charge < -0.3 is 19.7 Å². The first-order chi connectivity index (χ1) is 12.7. The summed E-state index contributed by atoms with van der Waals surface area (Å²) < 4.78 is 2.02. The third-order valence-corrected chi connectivity index (χ3v) is 5.67. The van der Waals surface area contributed by atoms with Crippen molar-refractivity contribution in [3.8, 4) is 0 Å². The fourth-order valence-corrected chi connectivity index (χ4v) is 3.88.